The third kappa shape index (κ3) is 1.76. The van der Waals surface area contributed by atoms with Gasteiger partial charge in [0, 0.05) is 16.3 Å². The fraction of sp³-hybridized carbons (Fsp3) is 0.125. The minimum atomic E-state index is -0.560. The molecule has 1 aromatic carbocycles. The Kier molecular flexibility index (Phi) is 2.84. The number of dihydropyridines is 1. The maximum absolute atomic E-state index is 11.4. The van der Waals surface area contributed by atoms with E-state index >= 15 is 0 Å². The monoisotopic (exact) mass is 315 g/mol. The van der Waals surface area contributed by atoms with Crippen LogP contribution in [0, 0.1) is 5.41 Å². The van der Waals surface area contributed by atoms with Crippen molar-refractivity contribution in [1.82, 2.24) is 0 Å². The molecular weight excluding hydrogens is 306 g/mol. The van der Waals surface area contributed by atoms with Gasteiger partial charge in [-0.15, -0.1) is 0 Å². The van der Waals surface area contributed by atoms with Crippen molar-refractivity contribution in [2.45, 2.75) is 0 Å². The summed E-state index contributed by atoms with van der Waals surface area (Å²) in [5.41, 5.74) is 0.169. The Morgan fingerprint density at radius 1 is 1.38 bits per heavy atom. The number of aldehydes is 1. The molecule has 0 aliphatic carbocycles. The van der Waals surface area contributed by atoms with Crippen LogP contribution in [0.3, 0.4) is 0 Å². The van der Waals surface area contributed by atoms with Gasteiger partial charge in [0.1, 0.15) is 6.61 Å². The molecular formula is C16H10ClNO2S. The van der Waals surface area contributed by atoms with E-state index in [1.165, 1.54) is 11.8 Å². The summed E-state index contributed by atoms with van der Waals surface area (Å²) in [6.07, 6.45) is 6.13. The number of carbonyl (C=O) groups is 1. The molecule has 3 aliphatic heterocycles. The average molecular weight is 316 g/mol. The van der Waals surface area contributed by atoms with Crippen LogP contribution in [0.25, 0.3) is 11.2 Å². The third-order valence-electron chi connectivity index (χ3n) is 3.81. The maximum atomic E-state index is 11.4. The fourth-order valence-electron chi connectivity index (χ4n) is 2.91. The highest BCUT2D eigenvalue weighted by Gasteiger charge is 2.47. The summed E-state index contributed by atoms with van der Waals surface area (Å²) < 4.78 is 5.75. The van der Waals surface area contributed by atoms with E-state index in [0.717, 1.165) is 27.3 Å². The molecule has 0 saturated carbocycles. The zero-order valence-corrected chi connectivity index (χ0v) is 12.4. The van der Waals surface area contributed by atoms with Crippen molar-refractivity contribution < 1.29 is 9.53 Å². The normalized spacial score (nSPS) is 26.0. The van der Waals surface area contributed by atoms with E-state index in [0.29, 0.717) is 16.5 Å². The molecule has 3 heterocycles. The van der Waals surface area contributed by atoms with E-state index < -0.39 is 5.41 Å². The van der Waals surface area contributed by atoms with Crippen LogP contribution >= 0.6 is 23.4 Å². The van der Waals surface area contributed by atoms with Gasteiger partial charge in [-0.1, -0.05) is 47.6 Å². The zero-order chi connectivity index (χ0) is 14.4. The van der Waals surface area contributed by atoms with E-state index in [1.54, 1.807) is 12.5 Å². The van der Waals surface area contributed by atoms with Gasteiger partial charge >= 0.3 is 0 Å². The molecule has 4 rings (SSSR count). The van der Waals surface area contributed by atoms with Gasteiger partial charge in [-0.25, -0.2) is 0 Å². The van der Waals surface area contributed by atoms with Gasteiger partial charge < -0.3 is 4.74 Å². The van der Waals surface area contributed by atoms with Crippen molar-refractivity contribution in [2.24, 2.45) is 10.4 Å². The standard InChI is InChI=1S/C16H10ClNO2S/c17-11-5-16-9-20-8-10-3-1-2-4-12(10)15(16)21-13(7-19)14(16)18-6-11/h1-8H,9H2. The number of carbonyl (C=O) groups excluding carboxylic acids is 1. The number of nitrogens with zero attached hydrogens (tertiary/aromatic N) is 1. The number of halogens is 1. The largest absolute Gasteiger partial charge is 0.499 e. The highest BCUT2D eigenvalue weighted by atomic mass is 35.5. The number of hydrogen-bond donors (Lipinski definition) is 0. The van der Waals surface area contributed by atoms with E-state index in [9.17, 15) is 4.79 Å². The molecule has 3 nitrogen and oxygen atoms in total. The minimum Gasteiger partial charge on any atom is -0.499 e. The molecule has 1 aromatic rings. The SMILES string of the molecule is O=CC1=C2N=CC(Cl)=CC23COC=c2ccccc2=C3S1. The molecule has 0 aromatic heterocycles. The Balaban J connectivity index is 2.13. The summed E-state index contributed by atoms with van der Waals surface area (Å²) in [6.45, 7) is 0.393. The van der Waals surface area contributed by atoms with Crippen LogP contribution in [0.15, 0.2) is 51.0 Å². The van der Waals surface area contributed by atoms with E-state index in [-0.39, 0.29) is 0 Å². The number of allylic oxidation sites excluding steroid dienone is 2. The quantitative estimate of drug-likeness (QED) is 0.743. The van der Waals surface area contributed by atoms with Crippen molar-refractivity contribution in [2.75, 3.05) is 6.61 Å². The molecule has 21 heavy (non-hydrogen) atoms. The van der Waals surface area contributed by atoms with Gasteiger partial charge in [0.2, 0.25) is 0 Å². The van der Waals surface area contributed by atoms with Gasteiger partial charge in [0.05, 0.1) is 27.3 Å². The number of fused-ring (bicyclic) bond motifs is 1. The van der Waals surface area contributed by atoms with Gasteiger partial charge in [-0.3, -0.25) is 9.79 Å². The summed E-state index contributed by atoms with van der Waals surface area (Å²) in [7, 11) is 0. The number of aliphatic imine (C=N–C) groups is 1. The molecule has 1 spiro atoms. The van der Waals surface area contributed by atoms with Crippen molar-refractivity contribution in [3.05, 3.63) is 56.4 Å². The molecule has 1 atom stereocenters. The summed E-state index contributed by atoms with van der Waals surface area (Å²) in [5.74, 6) is 0. The van der Waals surface area contributed by atoms with Crippen LogP contribution in [0.1, 0.15) is 0 Å². The lowest BCUT2D eigenvalue weighted by Gasteiger charge is -2.29. The smallest absolute Gasteiger partial charge is 0.158 e. The lowest BCUT2D eigenvalue weighted by atomic mass is 9.82. The van der Waals surface area contributed by atoms with E-state index in [2.05, 4.69) is 4.99 Å². The Morgan fingerprint density at radius 2 is 2.24 bits per heavy atom. The molecule has 0 fully saturated rings. The lowest BCUT2D eigenvalue weighted by Crippen LogP contribution is -2.32. The second kappa shape index (κ2) is 4.61. The van der Waals surface area contributed by atoms with Crippen LogP contribution in [0.5, 0.6) is 0 Å². The first-order valence-corrected chi connectivity index (χ1v) is 7.66. The Hall–Kier alpha value is -1.78. The van der Waals surface area contributed by atoms with Crippen LogP contribution in [0.2, 0.25) is 0 Å². The van der Waals surface area contributed by atoms with Crippen LogP contribution in [0.4, 0.5) is 0 Å². The molecule has 0 saturated heterocycles. The minimum absolute atomic E-state index is 0.393. The summed E-state index contributed by atoms with van der Waals surface area (Å²) in [4.78, 5) is 17.5. The first-order chi connectivity index (χ1) is 10.2. The molecule has 104 valence electrons. The topological polar surface area (TPSA) is 38.7 Å². The third-order valence-corrected chi connectivity index (χ3v) is 5.31. The number of ether oxygens (including phenoxy) is 1. The average Bonchev–Trinajstić information content (AvgIpc) is 2.73. The van der Waals surface area contributed by atoms with Crippen LogP contribution in [-0.4, -0.2) is 19.1 Å². The van der Waals surface area contributed by atoms with Crippen LogP contribution < -0.4 is 10.4 Å². The Morgan fingerprint density at radius 3 is 3.10 bits per heavy atom. The molecule has 0 bridgehead atoms. The Labute approximate surface area is 130 Å². The fourth-order valence-corrected chi connectivity index (χ4v) is 4.44. The number of rotatable bonds is 1. The summed E-state index contributed by atoms with van der Waals surface area (Å²) in [6, 6.07) is 7.98. The van der Waals surface area contributed by atoms with E-state index in [4.69, 9.17) is 16.3 Å². The summed E-state index contributed by atoms with van der Waals surface area (Å²) >= 11 is 7.64. The lowest BCUT2D eigenvalue weighted by molar-refractivity contribution is -0.104. The first-order valence-electron chi connectivity index (χ1n) is 6.46. The number of benzene rings is 1. The molecule has 0 radical (unpaired) electrons. The van der Waals surface area contributed by atoms with Gasteiger partial charge in [-0.2, -0.15) is 0 Å². The molecule has 5 heteroatoms. The molecule has 0 amide bonds. The zero-order valence-electron chi connectivity index (χ0n) is 10.9. The van der Waals surface area contributed by atoms with E-state index in [1.807, 2.05) is 30.3 Å². The van der Waals surface area contributed by atoms with Crippen molar-refractivity contribution in [3.63, 3.8) is 0 Å². The second-order valence-electron chi connectivity index (χ2n) is 5.04. The van der Waals surface area contributed by atoms with Crippen LogP contribution in [-0.2, 0) is 9.53 Å². The molecule has 3 aliphatic rings. The van der Waals surface area contributed by atoms with Crippen molar-refractivity contribution in [1.29, 1.82) is 0 Å². The summed E-state index contributed by atoms with van der Waals surface area (Å²) in [5, 5.41) is 2.63. The first kappa shape index (κ1) is 12.9. The predicted octanol–water partition coefficient (Wildman–Crippen LogP) is 1.91. The molecule has 1 unspecified atom stereocenters. The predicted molar refractivity (Wildman–Crippen MR) is 85.1 cm³/mol. The number of thioether (sulfide) groups is 1. The van der Waals surface area contributed by atoms with Gasteiger partial charge in [0.15, 0.2) is 6.29 Å². The van der Waals surface area contributed by atoms with Gasteiger partial charge in [-0.05, 0) is 11.3 Å². The molecule has 0 N–H and O–H groups in total. The number of hydrogen-bond acceptors (Lipinski definition) is 4. The Bertz CT molecular complexity index is 869. The maximum Gasteiger partial charge on any atom is 0.158 e. The van der Waals surface area contributed by atoms with Crippen molar-refractivity contribution >= 4 is 47.0 Å². The second-order valence-corrected chi connectivity index (χ2v) is 6.53. The highest BCUT2D eigenvalue weighted by molar-refractivity contribution is 8.12. The van der Waals surface area contributed by atoms with Gasteiger partial charge in [0.25, 0.3) is 0 Å². The highest BCUT2D eigenvalue weighted by Crippen LogP contribution is 2.57. The van der Waals surface area contributed by atoms with Crippen molar-refractivity contribution in [3.8, 4) is 0 Å².